The first-order chi connectivity index (χ1) is 5.07. The van der Waals surface area contributed by atoms with E-state index >= 15 is 0 Å². The highest BCUT2D eigenvalue weighted by atomic mass is 32.2. The van der Waals surface area contributed by atoms with Gasteiger partial charge in [0.05, 0.1) is 11.1 Å². The summed E-state index contributed by atoms with van der Waals surface area (Å²) in [4.78, 5) is 14.4. The normalized spacial score (nSPS) is 13.7. The van der Waals surface area contributed by atoms with E-state index in [4.69, 9.17) is 11.0 Å². The monoisotopic (exact) mass is 171 g/mol. The van der Waals surface area contributed by atoms with Gasteiger partial charge in [-0.2, -0.15) is 5.26 Å². The summed E-state index contributed by atoms with van der Waals surface area (Å²) in [5.41, 5.74) is 5.16. The zero-order valence-corrected chi connectivity index (χ0v) is 7.18. The van der Waals surface area contributed by atoms with Gasteiger partial charge in [-0.1, -0.05) is 0 Å². The third-order valence-electron chi connectivity index (χ3n) is 0.864. The summed E-state index contributed by atoms with van der Waals surface area (Å²) >= 11 is 0.875. The van der Waals surface area contributed by atoms with Crippen molar-refractivity contribution < 1.29 is 4.79 Å². The molecule has 0 aliphatic carbocycles. The van der Waals surface area contributed by atoms with Crippen molar-refractivity contribution in [3.05, 3.63) is 0 Å². The van der Waals surface area contributed by atoms with Crippen LogP contribution in [0.4, 0.5) is 0 Å². The molecule has 4 nitrogen and oxygen atoms in total. The third-order valence-corrected chi connectivity index (χ3v) is 1.52. The molecule has 0 rings (SSSR count). The number of nitrogens with two attached hydrogens (primary N) is 1. The largest absolute Gasteiger partial charge is 0.387 e. The summed E-state index contributed by atoms with van der Waals surface area (Å²) < 4.78 is 0. The highest BCUT2D eigenvalue weighted by Crippen LogP contribution is 2.08. The van der Waals surface area contributed by atoms with Crippen LogP contribution >= 0.6 is 11.8 Å². The Labute approximate surface area is 69.5 Å². The minimum atomic E-state index is -0.432. The van der Waals surface area contributed by atoms with Crippen molar-refractivity contribution in [2.75, 3.05) is 0 Å². The summed E-state index contributed by atoms with van der Waals surface area (Å²) in [6.07, 6.45) is 0. The molecule has 0 heterocycles. The van der Waals surface area contributed by atoms with Gasteiger partial charge in [-0.3, -0.25) is 4.79 Å². The van der Waals surface area contributed by atoms with Crippen LogP contribution in [0.5, 0.6) is 0 Å². The van der Waals surface area contributed by atoms with E-state index in [0.29, 0.717) is 0 Å². The molecule has 0 bridgehead atoms. The second kappa shape index (κ2) is 4.74. The Balaban J connectivity index is 4.06. The molecule has 11 heavy (non-hydrogen) atoms. The molecule has 0 aromatic rings. The molecule has 2 N–H and O–H groups in total. The number of hydrogen-bond acceptors (Lipinski definition) is 3. The van der Waals surface area contributed by atoms with Gasteiger partial charge in [-0.25, -0.2) is 4.99 Å². The average Bonchev–Trinajstić information content (AvgIpc) is 1.86. The zero-order valence-electron chi connectivity index (χ0n) is 6.37. The maximum Gasteiger partial charge on any atom is 0.261 e. The number of nitriles is 1. The lowest BCUT2D eigenvalue weighted by Gasteiger charge is -1.98. The van der Waals surface area contributed by atoms with Crippen molar-refractivity contribution in [2.45, 2.75) is 19.1 Å². The zero-order chi connectivity index (χ0) is 8.85. The lowest BCUT2D eigenvalue weighted by molar-refractivity contribution is -0.117. The number of nitrogens with zero attached hydrogens (tertiary/aromatic N) is 2. The molecule has 1 amide bonds. The molecule has 0 saturated heterocycles. The van der Waals surface area contributed by atoms with Crippen molar-refractivity contribution in [1.29, 1.82) is 5.26 Å². The molecule has 0 fully saturated rings. The average molecular weight is 171 g/mol. The Morgan fingerprint density at radius 2 is 2.36 bits per heavy atom. The number of carbonyl (C=O) groups excluding carboxylic acids is 1. The van der Waals surface area contributed by atoms with Crippen LogP contribution in [-0.2, 0) is 4.79 Å². The van der Waals surface area contributed by atoms with Crippen LogP contribution in [0.15, 0.2) is 4.99 Å². The van der Waals surface area contributed by atoms with Gasteiger partial charge >= 0.3 is 0 Å². The topological polar surface area (TPSA) is 79.2 Å². The van der Waals surface area contributed by atoms with Crippen LogP contribution in [-0.4, -0.2) is 17.0 Å². The van der Waals surface area contributed by atoms with E-state index in [9.17, 15) is 4.79 Å². The molecule has 60 valence electrons. The van der Waals surface area contributed by atoms with Crippen molar-refractivity contribution >= 4 is 23.5 Å². The number of amides is 1. The van der Waals surface area contributed by atoms with Crippen LogP contribution in [0, 0.1) is 10.7 Å². The van der Waals surface area contributed by atoms with Gasteiger partial charge in [-0.15, -0.1) is 0 Å². The number of carbonyl (C=O) groups is 1. The van der Waals surface area contributed by atoms with Gasteiger partial charge in [0.25, 0.3) is 5.91 Å². The number of thioether (sulfide) groups is 1. The smallest absolute Gasteiger partial charge is 0.261 e. The predicted molar refractivity (Wildman–Crippen MR) is 45.0 cm³/mol. The highest BCUT2D eigenvalue weighted by molar-refractivity contribution is 8.04. The SMILES string of the molecule is CC(N)=NC(=O)[C@H](C)SC#N. The second-order valence-corrected chi connectivity index (χ2v) is 3.07. The van der Waals surface area contributed by atoms with E-state index in [0.717, 1.165) is 11.8 Å². The quantitative estimate of drug-likeness (QED) is 0.372. The fourth-order valence-corrected chi connectivity index (χ4v) is 0.706. The fourth-order valence-electron chi connectivity index (χ4n) is 0.394. The second-order valence-electron chi connectivity index (χ2n) is 1.94. The molecule has 0 spiro atoms. The summed E-state index contributed by atoms with van der Waals surface area (Å²) in [5.74, 6) is -0.142. The van der Waals surface area contributed by atoms with Crippen LogP contribution < -0.4 is 5.73 Å². The Kier molecular flexibility index (Phi) is 4.30. The summed E-state index contributed by atoms with van der Waals surface area (Å²) in [6, 6.07) is 0. The van der Waals surface area contributed by atoms with Gasteiger partial charge in [0.1, 0.15) is 5.40 Å². The Morgan fingerprint density at radius 1 is 1.82 bits per heavy atom. The number of thiocyanates is 1. The van der Waals surface area contributed by atoms with Crippen molar-refractivity contribution in [2.24, 2.45) is 10.7 Å². The summed E-state index contributed by atoms with van der Waals surface area (Å²) in [6.45, 7) is 3.14. The predicted octanol–water partition coefficient (Wildman–Crippen LogP) is 0.493. The van der Waals surface area contributed by atoms with E-state index in [1.54, 1.807) is 6.92 Å². The number of hydrogen-bond donors (Lipinski definition) is 1. The number of amidine groups is 1. The van der Waals surface area contributed by atoms with Gasteiger partial charge in [-0.05, 0) is 25.6 Å². The van der Waals surface area contributed by atoms with Crippen LogP contribution in [0.25, 0.3) is 0 Å². The maximum atomic E-state index is 10.9. The van der Waals surface area contributed by atoms with Crippen LogP contribution in [0.3, 0.4) is 0 Å². The van der Waals surface area contributed by atoms with Crippen molar-refractivity contribution in [3.63, 3.8) is 0 Å². The molecule has 5 heteroatoms. The maximum absolute atomic E-state index is 10.9. The molecule has 0 aromatic heterocycles. The van der Waals surface area contributed by atoms with Crippen LogP contribution in [0.2, 0.25) is 0 Å². The molecule has 0 aliphatic heterocycles. The Morgan fingerprint density at radius 3 is 2.73 bits per heavy atom. The number of aliphatic imine (C=N–C) groups is 1. The van der Waals surface area contributed by atoms with E-state index in [1.807, 2.05) is 5.40 Å². The van der Waals surface area contributed by atoms with Gasteiger partial charge in [0.15, 0.2) is 0 Å². The lowest BCUT2D eigenvalue weighted by atomic mass is 10.4. The van der Waals surface area contributed by atoms with Crippen molar-refractivity contribution in [3.8, 4) is 5.40 Å². The summed E-state index contributed by atoms with van der Waals surface area (Å²) in [5, 5.41) is 9.58. The molecule has 0 saturated carbocycles. The minimum absolute atomic E-state index is 0.223. The van der Waals surface area contributed by atoms with E-state index in [2.05, 4.69) is 4.99 Å². The molecule has 0 aliphatic rings. The van der Waals surface area contributed by atoms with Crippen molar-refractivity contribution in [1.82, 2.24) is 0 Å². The van der Waals surface area contributed by atoms with E-state index in [1.165, 1.54) is 6.92 Å². The first-order valence-electron chi connectivity index (χ1n) is 2.97. The first-order valence-corrected chi connectivity index (χ1v) is 3.85. The Hall–Kier alpha value is -1.02. The van der Waals surface area contributed by atoms with Gasteiger partial charge in [0, 0.05) is 0 Å². The number of rotatable bonds is 2. The van der Waals surface area contributed by atoms with Gasteiger partial charge in [0.2, 0.25) is 0 Å². The fraction of sp³-hybridized carbons (Fsp3) is 0.500. The molecule has 0 aromatic carbocycles. The lowest BCUT2D eigenvalue weighted by Crippen LogP contribution is -2.15. The summed E-state index contributed by atoms with van der Waals surface area (Å²) in [7, 11) is 0. The molecular formula is C6H9N3OS. The standard InChI is InChI=1S/C6H9N3OS/c1-4(11-3-7)6(10)9-5(2)8/h4H,1-2H3,(H2,8,9,10)/t4-/m0/s1. The third kappa shape index (κ3) is 4.39. The molecule has 0 radical (unpaired) electrons. The van der Waals surface area contributed by atoms with Crippen LogP contribution in [0.1, 0.15) is 13.8 Å². The minimum Gasteiger partial charge on any atom is -0.387 e. The molecule has 1 atom stereocenters. The molecule has 0 unspecified atom stereocenters. The highest BCUT2D eigenvalue weighted by Gasteiger charge is 2.11. The van der Waals surface area contributed by atoms with E-state index < -0.39 is 5.25 Å². The Bertz CT molecular complexity index is 214. The van der Waals surface area contributed by atoms with Gasteiger partial charge < -0.3 is 5.73 Å². The molecular weight excluding hydrogens is 162 g/mol. The first kappa shape index (κ1) is 9.98. The van der Waals surface area contributed by atoms with E-state index in [-0.39, 0.29) is 11.7 Å².